The van der Waals surface area contributed by atoms with Gasteiger partial charge < -0.3 is 25.6 Å². The Morgan fingerprint density at radius 2 is 2.16 bits per heavy atom. The van der Waals surface area contributed by atoms with Crippen molar-refractivity contribution in [3.05, 3.63) is 23.2 Å². The number of amides is 2. The first kappa shape index (κ1) is 15.1. The number of anilines is 1. The molecule has 4 N–H and O–H groups in total. The van der Waals surface area contributed by atoms with Crippen LogP contribution in [0.15, 0.2) is 18.2 Å². The van der Waals surface area contributed by atoms with Gasteiger partial charge in [-0.3, -0.25) is 0 Å². The Labute approximate surface area is 114 Å². The predicted octanol–water partition coefficient (Wildman–Crippen LogP) is 0.916. The molecule has 2 amide bonds. The second kappa shape index (κ2) is 6.81. The minimum Gasteiger partial charge on any atom is -0.495 e. The number of halogens is 1. The fraction of sp³-hybridized carbons (Fsp3) is 0.273. The van der Waals surface area contributed by atoms with E-state index in [-0.39, 0.29) is 0 Å². The van der Waals surface area contributed by atoms with Gasteiger partial charge in [0.25, 0.3) is 0 Å². The number of methoxy groups -OCH3 is 1. The molecule has 104 valence electrons. The van der Waals surface area contributed by atoms with E-state index in [1.165, 1.54) is 13.2 Å². The molecule has 0 bridgehead atoms. The van der Waals surface area contributed by atoms with E-state index in [9.17, 15) is 9.59 Å². The van der Waals surface area contributed by atoms with Gasteiger partial charge in [0.1, 0.15) is 5.75 Å². The third kappa shape index (κ3) is 4.65. The zero-order valence-electron chi connectivity index (χ0n) is 10.0. The summed E-state index contributed by atoms with van der Waals surface area (Å²) in [6, 6.07) is 3.97. The number of urea groups is 1. The quantitative estimate of drug-likeness (QED) is 0.644. The Morgan fingerprint density at radius 3 is 2.74 bits per heavy atom. The molecule has 0 heterocycles. The molecule has 0 aliphatic heterocycles. The van der Waals surface area contributed by atoms with E-state index in [0.29, 0.717) is 16.5 Å². The topological polar surface area (TPSA) is 108 Å². The van der Waals surface area contributed by atoms with Crippen LogP contribution in [0.1, 0.15) is 0 Å². The highest BCUT2D eigenvalue weighted by molar-refractivity contribution is 6.31. The summed E-state index contributed by atoms with van der Waals surface area (Å²) in [4.78, 5) is 21.9. The van der Waals surface area contributed by atoms with Crippen LogP contribution in [-0.2, 0) is 4.79 Å². The fourth-order valence-electron chi connectivity index (χ4n) is 1.22. The predicted molar refractivity (Wildman–Crippen MR) is 68.7 cm³/mol. The molecule has 1 rings (SSSR count). The van der Waals surface area contributed by atoms with Crippen molar-refractivity contribution in [2.75, 3.05) is 19.0 Å². The van der Waals surface area contributed by atoms with Crippen molar-refractivity contribution in [2.45, 2.75) is 6.10 Å². The summed E-state index contributed by atoms with van der Waals surface area (Å²) in [7, 11) is 1.43. The summed E-state index contributed by atoms with van der Waals surface area (Å²) in [6.45, 7) is -0.413. The van der Waals surface area contributed by atoms with Gasteiger partial charge in [-0.25, -0.2) is 9.59 Å². The maximum atomic E-state index is 11.5. The van der Waals surface area contributed by atoms with Crippen LogP contribution >= 0.6 is 11.6 Å². The van der Waals surface area contributed by atoms with Gasteiger partial charge >= 0.3 is 12.0 Å². The molecule has 8 heteroatoms. The van der Waals surface area contributed by atoms with Crippen molar-refractivity contribution in [2.24, 2.45) is 0 Å². The molecule has 0 spiro atoms. The number of carboxylic acid groups (broad SMARTS) is 1. The summed E-state index contributed by atoms with van der Waals surface area (Å²) in [5, 5.41) is 22.5. The highest BCUT2D eigenvalue weighted by Crippen LogP contribution is 2.27. The van der Waals surface area contributed by atoms with Crippen LogP contribution in [0.3, 0.4) is 0 Å². The van der Waals surface area contributed by atoms with Crippen LogP contribution in [0.4, 0.5) is 10.5 Å². The molecule has 1 atom stereocenters. The lowest BCUT2D eigenvalue weighted by Gasteiger charge is -2.12. The van der Waals surface area contributed by atoms with Crippen LogP contribution in [0.2, 0.25) is 5.02 Å². The number of ether oxygens (including phenoxy) is 1. The Kier molecular flexibility index (Phi) is 5.40. The van der Waals surface area contributed by atoms with Gasteiger partial charge in [-0.2, -0.15) is 0 Å². The van der Waals surface area contributed by atoms with E-state index in [1.807, 2.05) is 0 Å². The number of carbonyl (C=O) groups is 2. The molecule has 0 saturated heterocycles. The molecule has 7 nitrogen and oxygen atoms in total. The van der Waals surface area contributed by atoms with E-state index in [4.69, 9.17) is 26.6 Å². The van der Waals surface area contributed by atoms with E-state index < -0.39 is 24.6 Å². The van der Waals surface area contributed by atoms with Gasteiger partial charge in [-0.1, -0.05) is 11.6 Å². The number of benzene rings is 1. The minimum atomic E-state index is -1.66. The summed E-state index contributed by atoms with van der Waals surface area (Å²) in [5.74, 6) is -1.01. The summed E-state index contributed by atoms with van der Waals surface area (Å²) < 4.78 is 5.02. The van der Waals surface area contributed by atoms with Crippen LogP contribution < -0.4 is 15.4 Å². The lowest BCUT2D eigenvalue weighted by Crippen LogP contribution is -2.38. The minimum absolute atomic E-state index is 0.331. The fourth-order valence-corrected chi connectivity index (χ4v) is 1.39. The largest absolute Gasteiger partial charge is 0.495 e. The lowest BCUT2D eigenvalue weighted by molar-refractivity contribution is -0.146. The molecule has 1 aromatic rings. The highest BCUT2D eigenvalue weighted by Gasteiger charge is 2.14. The van der Waals surface area contributed by atoms with Crippen LogP contribution in [0, 0.1) is 0 Å². The number of rotatable bonds is 5. The number of hydrogen-bond donors (Lipinski definition) is 4. The van der Waals surface area contributed by atoms with Crippen molar-refractivity contribution in [1.82, 2.24) is 5.32 Å². The lowest BCUT2D eigenvalue weighted by atomic mass is 10.3. The van der Waals surface area contributed by atoms with Gasteiger partial charge in [0.2, 0.25) is 0 Å². The molecule has 0 fully saturated rings. The van der Waals surface area contributed by atoms with Gasteiger partial charge in [0, 0.05) is 5.02 Å². The molecule has 19 heavy (non-hydrogen) atoms. The van der Waals surface area contributed by atoms with E-state index in [0.717, 1.165) is 0 Å². The van der Waals surface area contributed by atoms with Crippen molar-refractivity contribution >= 4 is 29.3 Å². The molecule has 0 radical (unpaired) electrons. The normalized spacial score (nSPS) is 11.5. The SMILES string of the molecule is COc1ccc(Cl)cc1NC(=O)NC[C@H](O)C(=O)O. The second-order valence-corrected chi connectivity index (χ2v) is 3.97. The Morgan fingerprint density at radius 1 is 1.47 bits per heavy atom. The Hall–Kier alpha value is -1.99. The molecule has 0 unspecified atom stereocenters. The van der Waals surface area contributed by atoms with Crippen molar-refractivity contribution in [1.29, 1.82) is 0 Å². The van der Waals surface area contributed by atoms with E-state index in [2.05, 4.69) is 10.6 Å². The van der Waals surface area contributed by atoms with Gasteiger partial charge in [0.05, 0.1) is 19.3 Å². The number of hydrogen-bond acceptors (Lipinski definition) is 4. The van der Waals surface area contributed by atoms with E-state index in [1.54, 1.807) is 12.1 Å². The Bertz CT molecular complexity index is 480. The van der Waals surface area contributed by atoms with Gasteiger partial charge in [-0.05, 0) is 18.2 Å². The zero-order valence-corrected chi connectivity index (χ0v) is 10.8. The average molecular weight is 289 g/mol. The smallest absolute Gasteiger partial charge is 0.334 e. The van der Waals surface area contributed by atoms with Crippen LogP contribution in [0.25, 0.3) is 0 Å². The molecule has 1 aromatic carbocycles. The standard InChI is InChI=1S/C11H13ClN2O5/c1-19-9-3-2-6(12)4-7(9)14-11(18)13-5-8(15)10(16)17/h2-4,8,15H,5H2,1H3,(H,16,17)(H2,13,14,18)/t8-/m0/s1. The van der Waals surface area contributed by atoms with E-state index >= 15 is 0 Å². The summed E-state index contributed by atoms with van der Waals surface area (Å²) in [5.41, 5.74) is 0.331. The molecule has 0 aromatic heterocycles. The van der Waals surface area contributed by atoms with Crippen molar-refractivity contribution in [3.63, 3.8) is 0 Å². The maximum Gasteiger partial charge on any atom is 0.334 e. The maximum absolute atomic E-state index is 11.5. The molecule has 0 aliphatic carbocycles. The Balaban J connectivity index is 2.62. The molecule has 0 saturated carbocycles. The van der Waals surface area contributed by atoms with Gasteiger partial charge in [0.15, 0.2) is 6.10 Å². The number of carboxylic acids is 1. The van der Waals surface area contributed by atoms with Crippen LogP contribution in [-0.4, -0.2) is 42.0 Å². The third-order valence-corrected chi connectivity index (χ3v) is 2.39. The van der Waals surface area contributed by atoms with Crippen LogP contribution in [0.5, 0.6) is 5.75 Å². The highest BCUT2D eigenvalue weighted by atomic mass is 35.5. The monoisotopic (exact) mass is 288 g/mol. The molecular formula is C11H13ClN2O5. The number of aliphatic carboxylic acids is 1. The number of carbonyl (C=O) groups excluding carboxylic acids is 1. The zero-order chi connectivity index (χ0) is 14.4. The number of aliphatic hydroxyl groups excluding tert-OH is 1. The van der Waals surface area contributed by atoms with Gasteiger partial charge in [-0.15, -0.1) is 0 Å². The number of nitrogens with one attached hydrogen (secondary N) is 2. The van der Waals surface area contributed by atoms with Crippen molar-refractivity contribution < 1.29 is 24.5 Å². The second-order valence-electron chi connectivity index (χ2n) is 3.53. The first-order chi connectivity index (χ1) is 8.93. The first-order valence-electron chi connectivity index (χ1n) is 5.23. The average Bonchev–Trinajstić information content (AvgIpc) is 2.36. The summed E-state index contributed by atoms with van der Waals surface area (Å²) in [6.07, 6.45) is -1.66. The molecule has 0 aliphatic rings. The molecular weight excluding hydrogens is 276 g/mol. The number of aliphatic hydroxyl groups is 1. The first-order valence-corrected chi connectivity index (χ1v) is 5.61. The third-order valence-electron chi connectivity index (χ3n) is 2.15. The van der Waals surface area contributed by atoms with Crippen molar-refractivity contribution in [3.8, 4) is 5.75 Å². The summed E-state index contributed by atoms with van der Waals surface area (Å²) >= 11 is 5.78.